The van der Waals surface area contributed by atoms with Gasteiger partial charge in [0, 0.05) is 36.5 Å². The van der Waals surface area contributed by atoms with Gasteiger partial charge in [-0.05, 0) is 75.2 Å². The SMILES string of the molecule is Cc1cccc2cc(O)cc(C(=O)N3Cc4nc(OCC5(CN(C)C)CC5)nc(N5CCCC(C(F)F)C5)c4C3)c12. The van der Waals surface area contributed by atoms with Crippen LogP contribution in [-0.2, 0) is 13.1 Å². The van der Waals surface area contributed by atoms with Crippen LogP contribution in [0, 0.1) is 18.3 Å². The molecule has 0 bridgehead atoms. The van der Waals surface area contributed by atoms with Crippen molar-refractivity contribution in [1.29, 1.82) is 0 Å². The van der Waals surface area contributed by atoms with Crippen molar-refractivity contribution in [1.82, 2.24) is 19.8 Å². The van der Waals surface area contributed by atoms with E-state index in [1.165, 1.54) is 6.07 Å². The van der Waals surface area contributed by atoms with Crippen LogP contribution < -0.4 is 9.64 Å². The topological polar surface area (TPSA) is 82.0 Å². The van der Waals surface area contributed by atoms with Gasteiger partial charge in [-0.2, -0.15) is 9.97 Å². The van der Waals surface area contributed by atoms with Crippen LogP contribution in [0.15, 0.2) is 30.3 Å². The lowest BCUT2D eigenvalue weighted by Gasteiger charge is -2.34. The molecule has 0 spiro atoms. The van der Waals surface area contributed by atoms with Gasteiger partial charge >= 0.3 is 6.01 Å². The van der Waals surface area contributed by atoms with E-state index in [1.807, 2.05) is 44.1 Å². The number of phenolic OH excluding ortho intramolecular Hbond substituents is 1. The van der Waals surface area contributed by atoms with Gasteiger partial charge < -0.3 is 24.5 Å². The molecule has 1 aromatic heterocycles. The van der Waals surface area contributed by atoms with Gasteiger partial charge in [-0.25, -0.2) is 8.78 Å². The predicted octanol–water partition coefficient (Wildman–Crippen LogP) is 5.00. The van der Waals surface area contributed by atoms with Crippen LogP contribution in [0.5, 0.6) is 11.8 Å². The van der Waals surface area contributed by atoms with Crippen molar-refractivity contribution in [3.8, 4) is 11.8 Å². The summed E-state index contributed by atoms with van der Waals surface area (Å²) in [7, 11) is 4.09. The van der Waals surface area contributed by atoms with Gasteiger partial charge in [0.05, 0.1) is 31.0 Å². The number of carbonyl (C=O) groups excluding carboxylic acids is 1. The molecule has 218 valence electrons. The van der Waals surface area contributed by atoms with E-state index >= 15 is 0 Å². The van der Waals surface area contributed by atoms with Crippen molar-refractivity contribution < 1.29 is 23.4 Å². The number of alkyl halides is 2. The van der Waals surface area contributed by atoms with Crippen molar-refractivity contribution in [3.63, 3.8) is 0 Å². The molecule has 1 amide bonds. The molecule has 10 heteroatoms. The lowest BCUT2D eigenvalue weighted by molar-refractivity contribution is 0.0685. The molecular weight excluding hydrogens is 528 g/mol. The number of carbonyl (C=O) groups is 1. The standard InChI is InChI=1S/C31H37F2N5O3/c1-19-6-4-7-20-12-22(39)13-23(26(19)20)29(40)38-15-24-25(16-38)34-30(41-18-31(9-10-31)17-36(2)3)35-28(24)37-11-5-8-21(14-37)27(32)33/h4,6-7,12-13,21,27,39H,5,8-11,14-18H2,1-3H3. The maximum absolute atomic E-state index is 13.9. The predicted molar refractivity (Wildman–Crippen MR) is 153 cm³/mol. The molecule has 1 aliphatic carbocycles. The van der Waals surface area contributed by atoms with Crippen molar-refractivity contribution >= 4 is 22.5 Å². The highest BCUT2D eigenvalue weighted by Crippen LogP contribution is 2.46. The number of hydrogen-bond acceptors (Lipinski definition) is 7. The first-order valence-electron chi connectivity index (χ1n) is 14.3. The van der Waals surface area contributed by atoms with Crippen LogP contribution >= 0.6 is 0 Å². The minimum atomic E-state index is -2.40. The second-order valence-corrected chi connectivity index (χ2v) is 12.3. The minimum absolute atomic E-state index is 0.0254. The van der Waals surface area contributed by atoms with Crippen molar-refractivity contribution in [2.45, 2.75) is 52.1 Å². The molecule has 8 nitrogen and oxygen atoms in total. The fourth-order valence-corrected chi connectivity index (χ4v) is 6.45. The average molecular weight is 566 g/mol. The summed E-state index contributed by atoms with van der Waals surface area (Å²) in [6.07, 6.45) is 0.874. The molecule has 2 aliphatic heterocycles. The number of benzene rings is 2. The third-order valence-electron chi connectivity index (χ3n) is 8.66. The molecule has 1 unspecified atom stereocenters. The van der Waals surface area contributed by atoms with E-state index in [4.69, 9.17) is 14.7 Å². The number of phenols is 1. The zero-order valence-electron chi connectivity index (χ0n) is 23.9. The quantitative estimate of drug-likeness (QED) is 0.412. The van der Waals surface area contributed by atoms with Crippen LogP contribution in [0.2, 0.25) is 0 Å². The normalized spacial score (nSPS) is 19.7. The summed E-state index contributed by atoms with van der Waals surface area (Å²) in [4.78, 5) is 29.2. The van der Waals surface area contributed by atoms with E-state index in [-0.39, 0.29) is 42.7 Å². The molecule has 3 aromatic rings. The van der Waals surface area contributed by atoms with Crippen LogP contribution in [0.3, 0.4) is 0 Å². The van der Waals surface area contributed by atoms with Gasteiger partial charge in [-0.1, -0.05) is 18.2 Å². The summed E-state index contributed by atoms with van der Waals surface area (Å²) < 4.78 is 33.6. The average Bonchev–Trinajstić information content (AvgIpc) is 3.55. The minimum Gasteiger partial charge on any atom is -0.508 e. The number of nitrogens with zero attached hydrogens (tertiary/aromatic N) is 5. The first-order chi connectivity index (χ1) is 19.6. The lowest BCUT2D eigenvalue weighted by Crippen LogP contribution is -2.39. The number of fused-ring (bicyclic) bond motifs is 2. The Kier molecular flexibility index (Phi) is 7.21. The van der Waals surface area contributed by atoms with Crippen molar-refractivity contribution in [2.75, 3.05) is 45.2 Å². The Morgan fingerprint density at radius 1 is 1.22 bits per heavy atom. The molecule has 0 radical (unpaired) electrons. The number of aryl methyl sites for hydroxylation is 1. The Morgan fingerprint density at radius 3 is 2.76 bits per heavy atom. The highest BCUT2D eigenvalue weighted by atomic mass is 19.3. The zero-order valence-corrected chi connectivity index (χ0v) is 23.9. The maximum Gasteiger partial charge on any atom is 0.318 e. The molecule has 2 aromatic carbocycles. The van der Waals surface area contributed by atoms with E-state index in [2.05, 4.69) is 4.90 Å². The number of aromatic hydroxyl groups is 1. The second-order valence-electron chi connectivity index (χ2n) is 12.3. The van der Waals surface area contributed by atoms with E-state index in [9.17, 15) is 18.7 Å². The van der Waals surface area contributed by atoms with Gasteiger partial charge in [-0.15, -0.1) is 0 Å². The van der Waals surface area contributed by atoms with E-state index in [0.29, 0.717) is 43.1 Å². The van der Waals surface area contributed by atoms with Gasteiger partial charge in [0.1, 0.15) is 11.6 Å². The van der Waals surface area contributed by atoms with Crippen molar-refractivity contribution in [3.05, 3.63) is 52.7 Å². The Labute approximate surface area is 238 Å². The summed E-state index contributed by atoms with van der Waals surface area (Å²) in [5, 5.41) is 12.0. The smallest absolute Gasteiger partial charge is 0.318 e. The summed E-state index contributed by atoms with van der Waals surface area (Å²) in [6.45, 7) is 4.66. The monoisotopic (exact) mass is 565 g/mol. The third kappa shape index (κ3) is 5.54. The molecule has 1 N–H and O–H groups in total. The fraction of sp³-hybridized carbons (Fsp3) is 0.516. The molecule has 1 atom stereocenters. The van der Waals surface area contributed by atoms with Gasteiger partial charge in [0.25, 0.3) is 5.91 Å². The Bertz CT molecular complexity index is 1480. The Morgan fingerprint density at radius 2 is 2.02 bits per heavy atom. The van der Waals surface area contributed by atoms with Crippen LogP contribution in [0.1, 0.15) is 52.9 Å². The number of aromatic nitrogens is 2. The number of anilines is 1. The molecule has 1 saturated carbocycles. The van der Waals surface area contributed by atoms with Gasteiger partial charge in [0.2, 0.25) is 6.43 Å². The molecule has 6 rings (SSSR count). The summed E-state index contributed by atoms with van der Waals surface area (Å²) >= 11 is 0. The fourth-order valence-electron chi connectivity index (χ4n) is 6.45. The number of rotatable bonds is 8. The molecular formula is C31H37F2N5O3. The number of piperidine rings is 1. The van der Waals surface area contributed by atoms with E-state index in [0.717, 1.165) is 41.3 Å². The number of halogens is 2. The summed E-state index contributed by atoms with van der Waals surface area (Å²) in [5.74, 6) is -0.342. The first-order valence-corrected chi connectivity index (χ1v) is 14.3. The Balaban J connectivity index is 1.32. The molecule has 3 aliphatic rings. The number of ether oxygens (including phenoxy) is 1. The van der Waals surface area contributed by atoms with Crippen LogP contribution in [0.4, 0.5) is 14.6 Å². The van der Waals surface area contributed by atoms with Gasteiger partial charge in [0.15, 0.2) is 0 Å². The first kappa shape index (κ1) is 27.6. The zero-order chi connectivity index (χ0) is 28.9. The largest absolute Gasteiger partial charge is 0.508 e. The van der Waals surface area contributed by atoms with E-state index < -0.39 is 12.3 Å². The highest BCUT2D eigenvalue weighted by Gasteiger charge is 2.44. The van der Waals surface area contributed by atoms with Crippen molar-refractivity contribution in [2.24, 2.45) is 11.3 Å². The summed E-state index contributed by atoms with van der Waals surface area (Å²) in [6, 6.07) is 9.12. The third-order valence-corrected chi connectivity index (χ3v) is 8.66. The second kappa shape index (κ2) is 10.7. The summed E-state index contributed by atoms with van der Waals surface area (Å²) in [5.41, 5.74) is 2.89. The molecule has 41 heavy (non-hydrogen) atoms. The van der Waals surface area contributed by atoms with E-state index in [1.54, 1.807) is 11.0 Å². The van der Waals surface area contributed by atoms with Gasteiger partial charge in [-0.3, -0.25) is 4.79 Å². The molecule has 1 saturated heterocycles. The number of amides is 1. The van der Waals surface area contributed by atoms with Crippen LogP contribution in [0.25, 0.3) is 10.8 Å². The highest BCUT2D eigenvalue weighted by molar-refractivity contribution is 6.09. The molecule has 3 heterocycles. The maximum atomic E-state index is 13.9. The van der Waals surface area contributed by atoms with Crippen LogP contribution in [-0.4, -0.2) is 77.5 Å². The lowest BCUT2D eigenvalue weighted by atomic mass is 9.98. The Hall–Kier alpha value is -3.53. The molecule has 2 fully saturated rings. The number of hydrogen-bond donors (Lipinski definition) is 1.